The first-order chi connectivity index (χ1) is 7.59. The third-order valence-corrected chi connectivity index (χ3v) is 2.45. The zero-order valence-corrected chi connectivity index (χ0v) is 10.9. The first-order valence-corrected chi connectivity index (χ1v) is 5.31. The Labute approximate surface area is 108 Å². The minimum Gasteiger partial charge on any atom is -0.487 e. The predicted molar refractivity (Wildman–Crippen MR) is 68.2 cm³/mol. The molecule has 96 valence electrons. The lowest BCUT2D eigenvalue weighted by Crippen LogP contribution is -2.48. The van der Waals surface area contributed by atoms with Crippen molar-refractivity contribution in [2.24, 2.45) is 0 Å². The van der Waals surface area contributed by atoms with E-state index in [0.29, 0.717) is 18.0 Å². The van der Waals surface area contributed by atoms with Crippen molar-refractivity contribution in [3.8, 4) is 11.5 Å². The van der Waals surface area contributed by atoms with Crippen molar-refractivity contribution in [1.29, 1.82) is 0 Å². The number of fused-ring (bicyclic) bond motifs is 1. The molecular weight excluding hydrogens is 242 g/mol. The lowest BCUT2D eigenvalue weighted by Gasteiger charge is -2.27. The van der Waals surface area contributed by atoms with Gasteiger partial charge in [-0.1, -0.05) is 12.1 Å². The van der Waals surface area contributed by atoms with Gasteiger partial charge < -0.3 is 19.5 Å². The maximum atomic E-state index is 10.3. The monoisotopic (exact) mass is 259 g/mol. The second-order valence-electron chi connectivity index (χ2n) is 4.49. The number of hydrogen-bond acceptors (Lipinski definition) is 4. The van der Waals surface area contributed by atoms with Crippen molar-refractivity contribution >= 4 is 12.4 Å². The molecule has 0 atom stereocenters. The van der Waals surface area contributed by atoms with Gasteiger partial charge in [-0.05, 0) is 26.2 Å². The number of nitrogens with zero attached hydrogens (tertiary/aromatic N) is 1. The van der Waals surface area contributed by atoms with Gasteiger partial charge in [0.2, 0.25) is 0 Å². The zero-order chi connectivity index (χ0) is 11.6. The Kier molecular flexibility index (Phi) is 4.62. The molecule has 2 rings (SSSR count). The highest BCUT2D eigenvalue weighted by Gasteiger charge is 2.33. The molecule has 1 heterocycles. The van der Waals surface area contributed by atoms with Crippen LogP contribution in [0.2, 0.25) is 0 Å². The molecule has 0 fully saturated rings. The van der Waals surface area contributed by atoms with Crippen molar-refractivity contribution in [1.82, 2.24) is 4.90 Å². The smallest absolute Gasteiger partial charge is 0.161 e. The molecule has 1 aliphatic rings. The summed E-state index contributed by atoms with van der Waals surface area (Å²) >= 11 is 0. The van der Waals surface area contributed by atoms with Gasteiger partial charge in [-0.25, -0.2) is 0 Å². The Morgan fingerprint density at radius 2 is 1.65 bits per heavy atom. The molecule has 0 saturated carbocycles. The van der Waals surface area contributed by atoms with Crippen molar-refractivity contribution in [3.05, 3.63) is 24.3 Å². The topological polar surface area (TPSA) is 41.9 Å². The van der Waals surface area contributed by atoms with E-state index < -0.39 is 5.60 Å². The molecule has 0 aromatic heterocycles. The minimum absolute atomic E-state index is 0. The van der Waals surface area contributed by atoms with Crippen LogP contribution in [0.15, 0.2) is 24.3 Å². The standard InChI is InChI=1S/C12H17NO3.ClH/c1-13(2)7-12(14)8-15-10-5-3-4-6-11(10)16-9-12;/h3-6,14H,7-9H2,1-2H3;1H. The molecule has 4 nitrogen and oxygen atoms in total. The van der Waals surface area contributed by atoms with Crippen LogP contribution in [0.25, 0.3) is 0 Å². The molecule has 1 aromatic rings. The molecule has 1 aliphatic heterocycles. The lowest BCUT2D eigenvalue weighted by molar-refractivity contribution is -0.0437. The zero-order valence-electron chi connectivity index (χ0n) is 10.0. The van der Waals surface area contributed by atoms with E-state index in [9.17, 15) is 5.11 Å². The number of likely N-dealkylation sites (N-methyl/N-ethyl adjacent to an activating group) is 1. The molecule has 1 aromatic carbocycles. The molecule has 0 bridgehead atoms. The van der Waals surface area contributed by atoms with Crippen LogP contribution in [-0.2, 0) is 0 Å². The predicted octanol–water partition coefficient (Wildman–Crippen LogP) is 1.17. The lowest BCUT2D eigenvalue weighted by atomic mass is 10.1. The van der Waals surface area contributed by atoms with Gasteiger partial charge in [0.1, 0.15) is 18.8 Å². The number of aliphatic hydroxyl groups is 1. The van der Waals surface area contributed by atoms with Crippen molar-refractivity contribution in [2.75, 3.05) is 33.9 Å². The van der Waals surface area contributed by atoms with E-state index in [1.807, 2.05) is 43.3 Å². The molecule has 0 radical (unpaired) electrons. The third kappa shape index (κ3) is 3.49. The number of rotatable bonds is 2. The first-order valence-electron chi connectivity index (χ1n) is 5.31. The van der Waals surface area contributed by atoms with Crippen LogP contribution >= 0.6 is 12.4 Å². The fraction of sp³-hybridized carbons (Fsp3) is 0.500. The maximum Gasteiger partial charge on any atom is 0.161 e. The number of halogens is 1. The molecular formula is C12H18ClNO3. The quantitative estimate of drug-likeness (QED) is 0.866. The Morgan fingerprint density at radius 3 is 2.06 bits per heavy atom. The Hall–Kier alpha value is -0.970. The van der Waals surface area contributed by atoms with Crippen LogP contribution in [-0.4, -0.2) is 49.5 Å². The average molecular weight is 260 g/mol. The van der Waals surface area contributed by atoms with Crippen LogP contribution in [0.3, 0.4) is 0 Å². The SMILES string of the molecule is CN(C)CC1(O)COc2ccccc2OC1.Cl. The summed E-state index contributed by atoms with van der Waals surface area (Å²) in [5.74, 6) is 1.38. The van der Waals surface area contributed by atoms with Crippen molar-refractivity contribution in [2.45, 2.75) is 5.60 Å². The second kappa shape index (κ2) is 5.58. The van der Waals surface area contributed by atoms with Gasteiger partial charge in [-0.3, -0.25) is 0 Å². The molecule has 1 N–H and O–H groups in total. The molecule has 0 amide bonds. The summed E-state index contributed by atoms with van der Waals surface area (Å²) in [7, 11) is 3.83. The van der Waals surface area contributed by atoms with Gasteiger partial charge in [0.25, 0.3) is 0 Å². The highest BCUT2D eigenvalue weighted by atomic mass is 35.5. The summed E-state index contributed by atoms with van der Waals surface area (Å²) < 4.78 is 11.1. The van der Waals surface area contributed by atoms with Gasteiger partial charge >= 0.3 is 0 Å². The van der Waals surface area contributed by atoms with E-state index >= 15 is 0 Å². The van der Waals surface area contributed by atoms with Gasteiger partial charge in [0.05, 0.1) is 0 Å². The van der Waals surface area contributed by atoms with E-state index in [-0.39, 0.29) is 25.6 Å². The van der Waals surface area contributed by atoms with Gasteiger partial charge in [0, 0.05) is 6.54 Å². The van der Waals surface area contributed by atoms with Gasteiger partial charge in [0.15, 0.2) is 11.5 Å². The van der Waals surface area contributed by atoms with E-state index in [1.165, 1.54) is 0 Å². The van der Waals surface area contributed by atoms with E-state index in [0.717, 1.165) is 0 Å². The fourth-order valence-corrected chi connectivity index (χ4v) is 1.83. The van der Waals surface area contributed by atoms with Gasteiger partial charge in [-0.2, -0.15) is 0 Å². The minimum atomic E-state index is -0.956. The van der Waals surface area contributed by atoms with E-state index in [2.05, 4.69) is 0 Å². The summed E-state index contributed by atoms with van der Waals surface area (Å²) in [5.41, 5.74) is -0.956. The summed E-state index contributed by atoms with van der Waals surface area (Å²) in [5, 5.41) is 10.3. The molecule has 5 heteroatoms. The number of benzene rings is 1. The number of hydrogen-bond donors (Lipinski definition) is 1. The van der Waals surface area contributed by atoms with Crippen LogP contribution < -0.4 is 9.47 Å². The fourth-order valence-electron chi connectivity index (χ4n) is 1.83. The second-order valence-corrected chi connectivity index (χ2v) is 4.49. The maximum absolute atomic E-state index is 10.3. The largest absolute Gasteiger partial charge is 0.487 e. The summed E-state index contributed by atoms with van der Waals surface area (Å²) in [6, 6.07) is 7.46. The van der Waals surface area contributed by atoms with Crippen LogP contribution in [0.1, 0.15) is 0 Å². The van der Waals surface area contributed by atoms with E-state index in [1.54, 1.807) is 0 Å². The summed E-state index contributed by atoms with van der Waals surface area (Å²) in [6.07, 6.45) is 0. The summed E-state index contributed by atoms with van der Waals surface area (Å²) in [6.45, 7) is 1.02. The average Bonchev–Trinajstić information content (AvgIpc) is 2.39. The Bertz CT molecular complexity index is 344. The molecule has 0 spiro atoms. The van der Waals surface area contributed by atoms with Crippen LogP contribution in [0, 0.1) is 0 Å². The Morgan fingerprint density at radius 1 is 1.18 bits per heavy atom. The van der Waals surface area contributed by atoms with Gasteiger partial charge in [-0.15, -0.1) is 12.4 Å². The molecule has 0 unspecified atom stereocenters. The summed E-state index contributed by atoms with van der Waals surface area (Å²) in [4.78, 5) is 1.92. The molecule has 17 heavy (non-hydrogen) atoms. The molecule has 0 saturated heterocycles. The first kappa shape index (κ1) is 14.1. The Balaban J connectivity index is 0.00000144. The van der Waals surface area contributed by atoms with Crippen molar-refractivity contribution in [3.63, 3.8) is 0 Å². The van der Waals surface area contributed by atoms with Crippen molar-refractivity contribution < 1.29 is 14.6 Å². The highest BCUT2D eigenvalue weighted by Crippen LogP contribution is 2.30. The normalized spacial score (nSPS) is 17.2. The third-order valence-electron chi connectivity index (χ3n) is 2.45. The molecule has 0 aliphatic carbocycles. The number of ether oxygens (including phenoxy) is 2. The van der Waals surface area contributed by atoms with Crippen LogP contribution in [0.5, 0.6) is 11.5 Å². The van der Waals surface area contributed by atoms with Crippen LogP contribution in [0.4, 0.5) is 0 Å². The highest BCUT2D eigenvalue weighted by molar-refractivity contribution is 5.85. The van der Waals surface area contributed by atoms with E-state index in [4.69, 9.17) is 9.47 Å². The number of para-hydroxylation sites is 2.